The van der Waals surface area contributed by atoms with Crippen molar-refractivity contribution >= 4 is 21.9 Å². The van der Waals surface area contributed by atoms with Crippen molar-refractivity contribution in [2.75, 3.05) is 0 Å². The van der Waals surface area contributed by atoms with Crippen molar-refractivity contribution in [1.29, 1.82) is 0 Å². The maximum atomic E-state index is 13.6. The Morgan fingerprint density at radius 3 is 2.07 bits per heavy atom. The van der Waals surface area contributed by atoms with Crippen molar-refractivity contribution in [2.45, 2.75) is 76.3 Å². The molecule has 5 nitrogen and oxygen atoms in total. The molecule has 1 aromatic carbocycles. The highest BCUT2D eigenvalue weighted by molar-refractivity contribution is 5.90. The van der Waals surface area contributed by atoms with E-state index in [0.29, 0.717) is 11.0 Å². The van der Waals surface area contributed by atoms with Crippen molar-refractivity contribution in [3.8, 4) is 0 Å². The summed E-state index contributed by atoms with van der Waals surface area (Å²) in [5.41, 5.74) is 1.12. The summed E-state index contributed by atoms with van der Waals surface area (Å²) in [6, 6.07) is 9.98. The van der Waals surface area contributed by atoms with Gasteiger partial charge >= 0.3 is 5.69 Å². The fourth-order valence-electron chi connectivity index (χ4n) is 5.20. The van der Waals surface area contributed by atoms with Crippen LogP contribution in [0.1, 0.15) is 76.3 Å². The number of pyridine rings is 1. The van der Waals surface area contributed by atoms with Gasteiger partial charge in [-0.15, -0.1) is 0 Å². The van der Waals surface area contributed by atoms with Crippen LogP contribution in [0.25, 0.3) is 21.9 Å². The quantitative estimate of drug-likeness (QED) is 0.607. The molecule has 2 aliphatic rings. The van der Waals surface area contributed by atoms with Gasteiger partial charge in [0.25, 0.3) is 5.56 Å². The highest BCUT2D eigenvalue weighted by atomic mass is 16.2. The summed E-state index contributed by atoms with van der Waals surface area (Å²) in [5.74, 6) is 0. The topological polar surface area (TPSA) is 56.9 Å². The molecule has 2 fully saturated rings. The molecule has 146 valence electrons. The molecule has 0 atom stereocenters. The average molecular weight is 377 g/mol. The molecule has 2 saturated carbocycles. The number of aromatic nitrogens is 3. The third-order valence-electron chi connectivity index (χ3n) is 6.67. The van der Waals surface area contributed by atoms with Crippen LogP contribution < -0.4 is 11.2 Å². The monoisotopic (exact) mass is 377 g/mol. The Morgan fingerprint density at radius 1 is 0.786 bits per heavy atom. The number of nitrogens with zero attached hydrogens (tertiary/aromatic N) is 3. The molecular weight excluding hydrogens is 350 g/mol. The van der Waals surface area contributed by atoms with Crippen LogP contribution in [0.15, 0.2) is 39.9 Å². The molecule has 0 radical (unpaired) electrons. The van der Waals surface area contributed by atoms with Gasteiger partial charge in [0, 0.05) is 17.5 Å². The Morgan fingerprint density at radius 2 is 1.39 bits per heavy atom. The molecular formula is C23H27N3O2. The van der Waals surface area contributed by atoms with Gasteiger partial charge in [-0.3, -0.25) is 13.9 Å². The Labute approximate surface area is 164 Å². The van der Waals surface area contributed by atoms with Crippen LogP contribution in [0, 0.1) is 0 Å². The van der Waals surface area contributed by atoms with Crippen LogP contribution in [0.3, 0.4) is 0 Å². The Balaban J connectivity index is 1.83. The van der Waals surface area contributed by atoms with Crippen molar-refractivity contribution < 1.29 is 0 Å². The third kappa shape index (κ3) is 2.88. The minimum absolute atomic E-state index is 0.0273. The van der Waals surface area contributed by atoms with Crippen molar-refractivity contribution in [3.63, 3.8) is 0 Å². The molecule has 2 aromatic heterocycles. The van der Waals surface area contributed by atoms with Gasteiger partial charge < -0.3 is 0 Å². The fourth-order valence-corrected chi connectivity index (χ4v) is 5.20. The molecule has 5 heteroatoms. The van der Waals surface area contributed by atoms with Crippen LogP contribution in [-0.2, 0) is 0 Å². The summed E-state index contributed by atoms with van der Waals surface area (Å²) in [4.78, 5) is 31.9. The second kappa shape index (κ2) is 7.19. The zero-order chi connectivity index (χ0) is 19.1. The summed E-state index contributed by atoms with van der Waals surface area (Å²) < 4.78 is 3.45. The minimum Gasteiger partial charge on any atom is -0.274 e. The summed E-state index contributed by atoms with van der Waals surface area (Å²) in [6.07, 6.45) is 10.7. The first kappa shape index (κ1) is 17.7. The van der Waals surface area contributed by atoms with E-state index in [4.69, 9.17) is 4.98 Å². The summed E-state index contributed by atoms with van der Waals surface area (Å²) in [7, 11) is 0. The van der Waals surface area contributed by atoms with E-state index in [2.05, 4.69) is 0 Å². The van der Waals surface area contributed by atoms with Gasteiger partial charge in [0.05, 0.1) is 10.9 Å². The predicted molar refractivity (Wildman–Crippen MR) is 112 cm³/mol. The van der Waals surface area contributed by atoms with E-state index in [1.54, 1.807) is 4.57 Å². The zero-order valence-electron chi connectivity index (χ0n) is 16.3. The molecule has 0 N–H and O–H groups in total. The molecule has 0 amide bonds. The van der Waals surface area contributed by atoms with Gasteiger partial charge in [0.1, 0.15) is 0 Å². The molecule has 2 aliphatic carbocycles. The Kier molecular flexibility index (Phi) is 4.53. The van der Waals surface area contributed by atoms with E-state index in [-0.39, 0.29) is 23.3 Å². The number of hydrogen-bond donors (Lipinski definition) is 0. The molecule has 3 aromatic rings. The molecule has 2 heterocycles. The van der Waals surface area contributed by atoms with Crippen LogP contribution >= 0.6 is 0 Å². The van der Waals surface area contributed by atoms with E-state index in [1.807, 2.05) is 34.9 Å². The standard InChI is InChI=1S/C23H27N3O2/c27-22-19-15-16-9-7-8-14-20(16)24-21(19)25(17-10-3-1-4-11-17)23(28)26(22)18-12-5-2-6-13-18/h7-9,14-15,17-18H,1-6,10-13H2. The van der Waals surface area contributed by atoms with E-state index in [9.17, 15) is 9.59 Å². The second-order valence-electron chi connectivity index (χ2n) is 8.46. The van der Waals surface area contributed by atoms with Crippen LogP contribution in [-0.4, -0.2) is 14.1 Å². The van der Waals surface area contributed by atoms with Crippen LogP contribution in [0.4, 0.5) is 0 Å². The largest absolute Gasteiger partial charge is 0.333 e. The number of fused-ring (bicyclic) bond motifs is 2. The molecule has 5 rings (SSSR count). The lowest BCUT2D eigenvalue weighted by molar-refractivity contribution is 0.306. The number of hydrogen-bond acceptors (Lipinski definition) is 3. The summed E-state index contributed by atoms with van der Waals surface area (Å²) >= 11 is 0. The smallest absolute Gasteiger partial charge is 0.274 e. The first-order chi connectivity index (χ1) is 13.7. The number of para-hydroxylation sites is 1. The fraction of sp³-hybridized carbons (Fsp3) is 0.522. The number of benzene rings is 1. The van der Waals surface area contributed by atoms with E-state index < -0.39 is 0 Å². The zero-order valence-corrected chi connectivity index (χ0v) is 16.3. The first-order valence-electron chi connectivity index (χ1n) is 10.8. The molecule has 0 aliphatic heterocycles. The van der Waals surface area contributed by atoms with Gasteiger partial charge in [-0.05, 0) is 37.8 Å². The van der Waals surface area contributed by atoms with Gasteiger partial charge in [-0.2, -0.15) is 0 Å². The van der Waals surface area contributed by atoms with Crippen LogP contribution in [0.5, 0.6) is 0 Å². The Hall–Kier alpha value is -2.43. The molecule has 0 unspecified atom stereocenters. The minimum atomic E-state index is -0.155. The Bertz CT molecular complexity index is 1130. The molecule has 28 heavy (non-hydrogen) atoms. The van der Waals surface area contributed by atoms with Crippen molar-refractivity contribution in [1.82, 2.24) is 14.1 Å². The maximum absolute atomic E-state index is 13.6. The lowest BCUT2D eigenvalue weighted by Gasteiger charge is -2.28. The van der Waals surface area contributed by atoms with Gasteiger partial charge in [0.15, 0.2) is 5.65 Å². The molecule has 0 spiro atoms. The average Bonchev–Trinajstić information content (AvgIpc) is 2.74. The predicted octanol–water partition coefficient (Wildman–Crippen LogP) is 4.72. The number of rotatable bonds is 2. The second-order valence-corrected chi connectivity index (χ2v) is 8.46. The molecule has 0 bridgehead atoms. The highest BCUT2D eigenvalue weighted by Gasteiger charge is 2.26. The highest BCUT2D eigenvalue weighted by Crippen LogP contribution is 2.31. The first-order valence-corrected chi connectivity index (χ1v) is 10.8. The summed E-state index contributed by atoms with van der Waals surface area (Å²) in [5, 5.41) is 1.55. The van der Waals surface area contributed by atoms with Crippen molar-refractivity contribution in [3.05, 3.63) is 51.2 Å². The lowest BCUT2D eigenvalue weighted by atomic mass is 9.94. The van der Waals surface area contributed by atoms with Crippen LogP contribution in [0.2, 0.25) is 0 Å². The molecule has 0 saturated heterocycles. The van der Waals surface area contributed by atoms with E-state index >= 15 is 0 Å². The van der Waals surface area contributed by atoms with Crippen molar-refractivity contribution in [2.24, 2.45) is 0 Å². The third-order valence-corrected chi connectivity index (χ3v) is 6.67. The van der Waals surface area contributed by atoms with Gasteiger partial charge in [-0.25, -0.2) is 9.78 Å². The SMILES string of the molecule is O=c1c2cc3ccccc3nc2n(C2CCCCC2)c(=O)n1C1CCCCC1. The van der Waals surface area contributed by atoms with Gasteiger partial charge in [0.2, 0.25) is 0 Å². The van der Waals surface area contributed by atoms with E-state index in [0.717, 1.165) is 62.3 Å². The van der Waals surface area contributed by atoms with Gasteiger partial charge in [-0.1, -0.05) is 56.7 Å². The maximum Gasteiger partial charge on any atom is 0.333 e. The normalized spacial score (nSPS) is 19.4. The summed E-state index contributed by atoms with van der Waals surface area (Å²) in [6.45, 7) is 0. The lowest BCUT2D eigenvalue weighted by Crippen LogP contribution is -2.44. The van der Waals surface area contributed by atoms with E-state index in [1.165, 1.54) is 12.8 Å².